The fourth-order valence-electron chi connectivity index (χ4n) is 2.36. The molecule has 2 N–H and O–H groups in total. The molecule has 0 saturated carbocycles. The first kappa shape index (κ1) is 17.5. The highest BCUT2D eigenvalue weighted by atomic mass is 19.1. The summed E-state index contributed by atoms with van der Waals surface area (Å²) in [6.07, 6.45) is 7.30. The molecule has 2 aromatic heterocycles. The zero-order valence-corrected chi connectivity index (χ0v) is 14.0. The first-order valence-corrected chi connectivity index (χ1v) is 8.03. The summed E-state index contributed by atoms with van der Waals surface area (Å²) in [6, 6.07) is 13.5. The van der Waals surface area contributed by atoms with Gasteiger partial charge in [0.1, 0.15) is 12.1 Å². The van der Waals surface area contributed by atoms with Gasteiger partial charge in [0.25, 0.3) is 0 Å². The highest BCUT2D eigenvalue weighted by molar-refractivity contribution is 5.69. The molecule has 0 atom stereocenters. The molecular formula is C19H18FN5O. The van der Waals surface area contributed by atoms with Gasteiger partial charge in [-0.25, -0.2) is 23.4 Å². The summed E-state index contributed by atoms with van der Waals surface area (Å²) in [4.78, 5) is 16.7. The van der Waals surface area contributed by atoms with Crippen LogP contribution in [0.1, 0.15) is 11.1 Å². The lowest BCUT2D eigenvalue weighted by Crippen LogP contribution is -2.26. The number of nitrogens with zero attached hydrogens (tertiary/aromatic N) is 4. The highest BCUT2D eigenvalue weighted by Crippen LogP contribution is 2.10. The van der Waals surface area contributed by atoms with E-state index >= 15 is 0 Å². The lowest BCUT2D eigenvalue weighted by molar-refractivity contribution is 0.612. The van der Waals surface area contributed by atoms with Crippen molar-refractivity contribution in [3.05, 3.63) is 88.5 Å². The van der Waals surface area contributed by atoms with Gasteiger partial charge in [0.15, 0.2) is 0 Å². The summed E-state index contributed by atoms with van der Waals surface area (Å²) in [5.41, 5.74) is 7.26. The van der Waals surface area contributed by atoms with Crippen molar-refractivity contribution in [1.82, 2.24) is 19.3 Å². The minimum atomic E-state index is -0.408. The Kier molecular flexibility index (Phi) is 5.50. The van der Waals surface area contributed by atoms with Gasteiger partial charge in [-0.15, -0.1) is 0 Å². The van der Waals surface area contributed by atoms with Crippen molar-refractivity contribution in [2.75, 3.05) is 6.54 Å². The minimum absolute atomic E-state index is 0.00638. The maximum Gasteiger partial charge on any atom is 0.351 e. The third kappa shape index (κ3) is 4.01. The summed E-state index contributed by atoms with van der Waals surface area (Å²) in [5.74, 6) is 0.440. The second kappa shape index (κ2) is 8.17. The average molecular weight is 351 g/mol. The molecule has 2 heterocycles. The van der Waals surface area contributed by atoms with Crippen LogP contribution in [0.4, 0.5) is 4.39 Å². The minimum Gasteiger partial charge on any atom is -0.327 e. The van der Waals surface area contributed by atoms with Gasteiger partial charge in [-0.3, -0.25) is 0 Å². The van der Waals surface area contributed by atoms with E-state index in [0.29, 0.717) is 12.1 Å². The third-order valence-electron chi connectivity index (χ3n) is 3.79. The van der Waals surface area contributed by atoms with Crippen LogP contribution < -0.4 is 11.4 Å². The van der Waals surface area contributed by atoms with E-state index in [4.69, 9.17) is 5.73 Å². The second-order valence-corrected chi connectivity index (χ2v) is 5.60. The van der Waals surface area contributed by atoms with Crippen LogP contribution in [0.25, 0.3) is 18.0 Å². The Balaban J connectivity index is 1.86. The van der Waals surface area contributed by atoms with Crippen LogP contribution in [0.3, 0.4) is 0 Å². The van der Waals surface area contributed by atoms with E-state index in [0.717, 1.165) is 15.8 Å². The Morgan fingerprint density at radius 3 is 2.65 bits per heavy atom. The topological polar surface area (TPSA) is 78.7 Å². The van der Waals surface area contributed by atoms with E-state index in [1.807, 2.05) is 48.6 Å². The summed E-state index contributed by atoms with van der Waals surface area (Å²) in [6.45, 7) is 0.0280. The molecule has 0 aliphatic carbocycles. The van der Waals surface area contributed by atoms with Crippen LogP contribution in [-0.2, 0) is 6.54 Å². The van der Waals surface area contributed by atoms with Gasteiger partial charge < -0.3 is 5.73 Å². The zero-order valence-electron chi connectivity index (χ0n) is 14.0. The fourth-order valence-corrected chi connectivity index (χ4v) is 2.36. The quantitative estimate of drug-likeness (QED) is 0.740. The molecular weight excluding hydrogens is 333 g/mol. The summed E-state index contributed by atoms with van der Waals surface area (Å²) in [7, 11) is 0. The number of hydrogen-bond acceptors (Lipinski definition) is 4. The van der Waals surface area contributed by atoms with Gasteiger partial charge in [-0.2, -0.15) is 5.10 Å². The van der Waals surface area contributed by atoms with E-state index in [1.165, 1.54) is 10.9 Å². The first-order valence-electron chi connectivity index (χ1n) is 8.03. The Morgan fingerprint density at radius 1 is 1.15 bits per heavy atom. The average Bonchev–Trinajstić information content (AvgIpc) is 3.05. The molecule has 0 aliphatic heterocycles. The molecule has 26 heavy (non-hydrogen) atoms. The number of nitrogens with two attached hydrogens (primary N) is 1. The van der Waals surface area contributed by atoms with Crippen molar-refractivity contribution < 1.29 is 4.39 Å². The molecule has 0 aliphatic rings. The molecule has 1 aromatic carbocycles. The van der Waals surface area contributed by atoms with Gasteiger partial charge >= 0.3 is 5.69 Å². The van der Waals surface area contributed by atoms with Gasteiger partial charge in [0, 0.05) is 12.7 Å². The van der Waals surface area contributed by atoms with Crippen LogP contribution >= 0.6 is 0 Å². The molecule has 3 rings (SSSR count). The van der Waals surface area contributed by atoms with E-state index in [1.54, 1.807) is 12.3 Å². The smallest absolute Gasteiger partial charge is 0.327 e. The van der Waals surface area contributed by atoms with Crippen LogP contribution in [-0.4, -0.2) is 25.9 Å². The monoisotopic (exact) mass is 351 g/mol. The maximum absolute atomic E-state index is 12.7. The van der Waals surface area contributed by atoms with Crippen LogP contribution in [0.2, 0.25) is 0 Å². The molecule has 0 unspecified atom stereocenters. The van der Waals surface area contributed by atoms with E-state index in [2.05, 4.69) is 10.1 Å². The number of hydrogen-bond donors (Lipinski definition) is 1. The Hall–Kier alpha value is -3.32. The number of benzene rings is 1. The third-order valence-corrected chi connectivity index (χ3v) is 3.79. The predicted octanol–water partition coefficient (Wildman–Crippen LogP) is 2.41. The molecule has 0 spiro atoms. The second-order valence-electron chi connectivity index (χ2n) is 5.60. The Bertz CT molecular complexity index is 988. The first-order chi connectivity index (χ1) is 12.7. The number of halogens is 1. The number of rotatable bonds is 6. The standard InChI is InChI=1S/C19H18FN5O/c20-11-17(12-21)13-25-19(26)24(14-23-25)18-10-16(8-9-22-18)7-6-15-4-2-1-3-5-15/h1-11,14H,12-13,21H2/b7-6+,17-11+. The molecule has 0 amide bonds. The van der Waals surface area contributed by atoms with Crippen LogP contribution in [0, 0.1) is 0 Å². The van der Waals surface area contributed by atoms with Crippen LogP contribution in [0.15, 0.2) is 71.7 Å². The molecule has 132 valence electrons. The molecule has 0 bridgehead atoms. The normalized spacial score (nSPS) is 12.0. The van der Waals surface area contributed by atoms with Gasteiger partial charge in [0.05, 0.1) is 12.9 Å². The van der Waals surface area contributed by atoms with Gasteiger partial charge in [-0.05, 0) is 28.8 Å². The summed E-state index contributed by atoms with van der Waals surface area (Å²) < 4.78 is 15.1. The van der Waals surface area contributed by atoms with E-state index in [9.17, 15) is 9.18 Å². The lowest BCUT2D eigenvalue weighted by atomic mass is 10.1. The fraction of sp³-hybridized carbons (Fsp3) is 0.105. The molecule has 3 aromatic rings. The van der Waals surface area contributed by atoms with E-state index in [-0.39, 0.29) is 18.7 Å². The SMILES string of the molecule is NC/C(=C\F)Cn1ncn(-c2cc(/C=C/c3ccccc3)ccn2)c1=O. The largest absolute Gasteiger partial charge is 0.351 e. The number of aromatic nitrogens is 4. The van der Waals surface area contributed by atoms with Gasteiger partial charge in [-0.1, -0.05) is 42.5 Å². The molecule has 6 nitrogen and oxygen atoms in total. The lowest BCUT2D eigenvalue weighted by Gasteiger charge is -2.02. The van der Waals surface area contributed by atoms with Crippen molar-refractivity contribution in [2.24, 2.45) is 5.73 Å². The van der Waals surface area contributed by atoms with Gasteiger partial charge in [0.2, 0.25) is 0 Å². The van der Waals surface area contributed by atoms with Crippen molar-refractivity contribution in [2.45, 2.75) is 6.54 Å². The maximum atomic E-state index is 12.7. The zero-order chi connectivity index (χ0) is 18.4. The molecule has 0 fully saturated rings. The molecule has 0 radical (unpaired) electrons. The highest BCUT2D eigenvalue weighted by Gasteiger charge is 2.09. The summed E-state index contributed by atoms with van der Waals surface area (Å²) in [5, 5.41) is 4.00. The van der Waals surface area contributed by atoms with Crippen molar-refractivity contribution in [3.8, 4) is 5.82 Å². The van der Waals surface area contributed by atoms with Crippen LogP contribution in [0.5, 0.6) is 0 Å². The predicted molar refractivity (Wildman–Crippen MR) is 99.2 cm³/mol. The number of pyridine rings is 1. The van der Waals surface area contributed by atoms with E-state index < -0.39 is 5.69 Å². The Labute approximate surface area is 149 Å². The van der Waals surface area contributed by atoms with Crippen molar-refractivity contribution in [1.29, 1.82) is 0 Å². The molecule has 7 heteroatoms. The molecule has 0 saturated heterocycles. The van der Waals surface area contributed by atoms with Crippen molar-refractivity contribution in [3.63, 3.8) is 0 Å². The summed E-state index contributed by atoms with van der Waals surface area (Å²) >= 11 is 0. The van der Waals surface area contributed by atoms with Crippen molar-refractivity contribution >= 4 is 12.2 Å². The Morgan fingerprint density at radius 2 is 1.92 bits per heavy atom.